The molecule has 0 N–H and O–H groups in total. The SMILES string of the molecule is [2H]c1c([2H])c([2H])c2c(sc3c2c([2H])c([2H])c2c4c([2H])c([2H])c5c(sc6c([2H])c([2H])c([2H])c([2H])c65)c4n(-c4c(C#N)c(-c5ccccc5)c([N+]#[C-])c(-n5c6ccccc6c6c(-c7ccccc7)c(-c7ccccc7)ccc65)c4-c4ccccc4)c32)c1[2H]. The second kappa shape index (κ2) is 16.5. The van der Waals surface area contributed by atoms with Gasteiger partial charge in [-0.25, -0.2) is 4.85 Å². The van der Waals surface area contributed by atoms with Crippen LogP contribution in [0.15, 0.2) is 230 Å². The smallest absolute Gasteiger partial charge is 0.220 e. The van der Waals surface area contributed by atoms with Crippen LogP contribution in [0.1, 0.15) is 22.0 Å². The first-order valence-corrected chi connectivity index (χ1v) is 25.3. The van der Waals surface area contributed by atoms with E-state index in [1.165, 1.54) is 0 Å². The van der Waals surface area contributed by atoms with Crippen molar-refractivity contribution in [2.24, 2.45) is 0 Å². The summed E-state index contributed by atoms with van der Waals surface area (Å²) in [5.41, 5.74) is 7.60. The molecule has 0 amide bonds. The molecule has 0 saturated heterocycles. The van der Waals surface area contributed by atoms with Crippen LogP contribution >= 0.6 is 22.7 Å². The van der Waals surface area contributed by atoms with E-state index in [2.05, 4.69) is 57.9 Å². The minimum atomic E-state index is -0.546. The van der Waals surface area contributed by atoms with Crippen LogP contribution in [0, 0.1) is 17.9 Å². The molecular weight excluding hydrogens is 937 g/mol. The van der Waals surface area contributed by atoms with Crippen LogP contribution in [0.3, 0.4) is 0 Å². The van der Waals surface area contributed by atoms with Crippen molar-refractivity contribution in [1.29, 1.82) is 5.26 Å². The van der Waals surface area contributed by atoms with Crippen molar-refractivity contribution in [2.75, 3.05) is 0 Å². The lowest BCUT2D eigenvalue weighted by atomic mass is 9.88. The highest BCUT2D eigenvalue weighted by atomic mass is 32.1. The number of hydrogen-bond donors (Lipinski definition) is 0. The van der Waals surface area contributed by atoms with Gasteiger partial charge in [0, 0.05) is 63.6 Å². The second-order valence-corrected chi connectivity index (χ2v) is 19.9. The van der Waals surface area contributed by atoms with E-state index >= 15 is 0 Å². The topological polar surface area (TPSA) is 38.0 Å². The largest absolute Gasteiger partial charge is 0.318 e. The standard InChI is InChI=1S/C68H38N4S2/c1-70-62-59(43-24-10-4-11-25-43)53(40-69)63(72-64-48(34-36-50-46-28-15-18-32-56(46)73-67(50)64)49-35-37-51-47-29-16-19-33-57(47)74-68(51)65(49)72)60(44-26-12-5-13-27-44)66(62)71-54-31-17-14-30-52(54)61-55(71)39-38-45(41-20-6-2-7-21-41)58(61)42-22-8-3-9-23-42/h2-39H/i15D,16D,18D,19D,28D,29D,32D,33D,34D,35D,36D,37D. The van der Waals surface area contributed by atoms with E-state index in [-0.39, 0.29) is 96.7 Å². The summed E-state index contributed by atoms with van der Waals surface area (Å²) in [4.78, 5) is 4.49. The van der Waals surface area contributed by atoms with Crippen molar-refractivity contribution in [3.63, 3.8) is 0 Å². The predicted octanol–water partition coefficient (Wildman–Crippen LogP) is 19.7. The van der Waals surface area contributed by atoms with Crippen LogP contribution in [0.4, 0.5) is 5.69 Å². The van der Waals surface area contributed by atoms with E-state index < -0.39 is 60.4 Å². The molecular formula is C68H38N4S2. The second-order valence-electron chi connectivity index (χ2n) is 17.9. The lowest BCUT2D eigenvalue weighted by molar-refractivity contribution is 1.14. The third-order valence-electron chi connectivity index (χ3n) is 14.1. The summed E-state index contributed by atoms with van der Waals surface area (Å²) in [6.45, 7) is 9.52. The Bertz CT molecular complexity index is 5460. The summed E-state index contributed by atoms with van der Waals surface area (Å²) in [5, 5.41) is 14.2. The summed E-state index contributed by atoms with van der Waals surface area (Å²) in [5.74, 6) is 0. The highest BCUT2D eigenvalue weighted by molar-refractivity contribution is 7.27. The van der Waals surface area contributed by atoms with Gasteiger partial charge >= 0.3 is 0 Å². The molecule has 0 radical (unpaired) electrons. The molecule has 0 spiro atoms. The maximum atomic E-state index is 12.4. The lowest BCUT2D eigenvalue weighted by Gasteiger charge is -2.26. The molecule has 0 aliphatic rings. The Hall–Kier alpha value is -9.56. The summed E-state index contributed by atoms with van der Waals surface area (Å²) in [7, 11) is 0. The van der Waals surface area contributed by atoms with Crippen molar-refractivity contribution in [3.8, 4) is 62.0 Å². The van der Waals surface area contributed by atoms with E-state index in [9.17, 15) is 22.8 Å². The fraction of sp³-hybridized carbons (Fsp3) is 0. The molecule has 4 heterocycles. The first-order chi connectivity index (χ1) is 41.7. The number of fused-ring (bicyclic) bond motifs is 14. The number of thiophene rings is 2. The van der Waals surface area contributed by atoms with Crippen LogP contribution in [-0.2, 0) is 0 Å². The first kappa shape index (κ1) is 31.7. The summed E-state index contributed by atoms with van der Waals surface area (Å²) < 4.78 is 117. The molecule has 15 rings (SSSR count). The molecule has 342 valence electrons. The van der Waals surface area contributed by atoms with Crippen LogP contribution in [0.25, 0.3) is 145 Å². The van der Waals surface area contributed by atoms with Crippen molar-refractivity contribution >= 4 is 112 Å². The number of benzene rings is 11. The van der Waals surface area contributed by atoms with Gasteiger partial charge in [0.25, 0.3) is 0 Å². The summed E-state index contributed by atoms with van der Waals surface area (Å²) >= 11 is 1.95. The molecule has 0 atom stereocenters. The average molecular weight is 987 g/mol. The molecule has 0 bridgehead atoms. The molecule has 4 nitrogen and oxygen atoms in total. The zero-order valence-corrected chi connectivity index (χ0v) is 40.2. The molecule has 0 aliphatic heterocycles. The Morgan fingerprint density at radius 1 is 0.432 bits per heavy atom. The van der Waals surface area contributed by atoms with Gasteiger partial charge < -0.3 is 9.13 Å². The van der Waals surface area contributed by atoms with E-state index in [1.807, 2.05) is 115 Å². The summed E-state index contributed by atoms with van der Waals surface area (Å²) in [6, 6.07) is 47.9. The Balaban J connectivity index is 1.28. The van der Waals surface area contributed by atoms with Gasteiger partial charge in [0.05, 0.1) is 71.4 Å². The molecule has 4 aromatic heterocycles. The number of hydrogen-bond acceptors (Lipinski definition) is 3. The fourth-order valence-electron chi connectivity index (χ4n) is 11.1. The van der Waals surface area contributed by atoms with Crippen molar-refractivity contribution in [3.05, 3.63) is 247 Å². The van der Waals surface area contributed by atoms with Crippen molar-refractivity contribution in [2.45, 2.75) is 0 Å². The van der Waals surface area contributed by atoms with Gasteiger partial charge in [0.1, 0.15) is 6.07 Å². The first-order valence-electron chi connectivity index (χ1n) is 29.7. The molecule has 74 heavy (non-hydrogen) atoms. The van der Waals surface area contributed by atoms with Gasteiger partial charge in [-0.3, -0.25) is 0 Å². The Morgan fingerprint density at radius 2 is 0.919 bits per heavy atom. The number of rotatable bonds is 6. The zero-order valence-electron chi connectivity index (χ0n) is 50.6. The van der Waals surface area contributed by atoms with Gasteiger partial charge in [-0.15, -0.1) is 22.7 Å². The highest BCUT2D eigenvalue weighted by Gasteiger charge is 2.33. The lowest BCUT2D eigenvalue weighted by Crippen LogP contribution is -2.09. The van der Waals surface area contributed by atoms with Crippen molar-refractivity contribution < 1.29 is 16.4 Å². The Labute approximate surface area is 450 Å². The van der Waals surface area contributed by atoms with E-state index in [4.69, 9.17) is 5.48 Å². The monoisotopic (exact) mass is 986 g/mol. The van der Waals surface area contributed by atoms with Crippen LogP contribution in [-0.4, -0.2) is 9.13 Å². The molecule has 6 heteroatoms. The molecule has 0 fully saturated rings. The quantitative estimate of drug-likeness (QED) is 0.153. The van der Waals surface area contributed by atoms with E-state index in [0.717, 1.165) is 55.7 Å². The predicted molar refractivity (Wildman–Crippen MR) is 314 cm³/mol. The molecule has 15 aromatic rings. The third-order valence-corrected chi connectivity index (χ3v) is 16.3. The Morgan fingerprint density at radius 3 is 1.47 bits per heavy atom. The van der Waals surface area contributed by atoms with Gasteiger partial charge in [0.15, 0.2) is 0 Å². The van der Waals surface area contributed by atoms with Gasteiger partial charge in [0.2, 0.25) is 5.69 Å². The zero-order chi connectivity index (χ0) is 59.5. The minimum Gasteiger partial charge on any atom is -0.318 e. The number of aromatic nitrogens is 2. The third kappa shape index (κ3) is 5.99. The normalized spacial score (nSPS) is 14.0. The number of nitrogens with zero attached hydrogens (tertiary/aromatic N) is 4. The average Bonchev–Trinajstić information content (AvgIpc) is 1.50. The maximum Gasteiger partial charge on any atom is 0.220 e. The number of para-hydroxylation sites is 1. The summed E-state index contributed by atoms with van der Waals surface area (Å²) in [6.07, 6.45) is 0. The number of nitriles is 1. The van der Waals surface area contributed by atoms with Crippen LogP contribution in [0.5, 0.6) is 0 Å². The fourth-order valence-corrected chi connectivity index (χ4v) is 13.3. The Kier molecular flexibility index (Phi) is 7.07. The van der Waals surface area contributed by atoms with Crippen molar-refractivity contribution in [1.82, 2.24) is 9.13 Å². The van der Waals surface area contributed by atoms with Crippen LogP contribution in [0.2, 0.25) is 0 Å². The van der Waals surface area contributed by atoms with Crippen LogP contribution < -0.4 is 0 Å². The minimum absolute atomic E-state index is 0.00307. The molecule has 11 aromatic carbocycles. The van der Waals surface area contributed by atoms with Gasteiger partial charge in [-0.2, -0.15) is 5.26 Å². The molecule has 0 unspecified atom stereocenters. The molecule has 0 saturated carbocycles. The maximum absolute atomic E-state index is 12.4. The molecule has 0 aliphatic carbocycles. The van der Waals surface area contributed by atoms with Gasteiger partial charge in [-0.05, 0) is 57.6 Å². The highest BCUT2D eigenvalue weighted by Crippen LogP contribution is 2.55. The van der Waals surface area contributed by atoms with E-state index in [0.29, 0.717) is 33.4 Å². The van der Waals surface area contributed by atoms with E-state index in [1.54, 1.807) is 4.57 Å². The van der Waals surface area contributed by atoms with Gasteiger partial charge in [-0.1, -0.05) is 206 Å².